The molecule has 0 aliphatic heterocycles. The van der Waals surface area contributed by atoms with E-state index >= 15 is 0 Å². The predicted octanol–water partition coefficient (Wildman–Crippen LogP) is 9.95. The fraction of sp³-hybridized carbons (Fsp3) is 0.333. The summed E-state index contributed by atoms with van der Waals surface area (Å²) < 4.78 is 12.3. The van der Waals surface area contributed by atoms with Gasteiger partial charge in [-0.15, -0.1) is 0 Å². The van der Waals surface area contributed by atoms with Crippen molar-refractivity contribution >= 4 is 23.2 Å². The Morgan fingerprint density at radius 1 is 0.516 bits per heavy atom. The van der Waals surface area contributed by atoms with Crippen LogP contribution in [0.1, 0.15) is 76.0 Å². The molecule has 0 radical (unpaired) electrons. The molecular formula is C27H30Cl2O2. The summed E-state index contributed by atoms with van der Waals surface area (Å²) >= 11 is 13.0. The van der Waals surface area contributed by atoms with Crippen molar-refractivity contribution in [1.29, 1.82) is 0 Å². The highest BCUT2D eigenvalue weighted by atomic mass is 35.5. The van der Waals surface area contributed by atoms with Crippen molar-refractivity contribution in [2.75, 3.05) is 0 Å². The Morgan fingerprint density at radius 2 is 0.903 bits per heavy atom. The highest BCUT2D eigenvalue weighted by molar-refractivity contribution is 6.32. The minimum atomic E-state index is 0.309. The molecular weight excluding hydrogens is 427 g/mol. The van der Waals surface area contributed by atoms with Gasteiger partial charge in [0.05, 0.1) is 10.0 Å². The van der Waals surface area contributed by atoms with Crippen LogP contribution in [-0.2, 0) is 0 Å². The lowest BCUT2D eigenvalue weighted by molar-refractivity contribution is 0.458. The van der Waals surface area contributed by atoms with Crippen molar-refractivity contribution in [2.45, 2.75) is 59.3 Å². The highest BCUT2D eigenvalue weighted by Crippen LogP contribution is 2.38. The summed E-state index contributed by atoms with van der Waals surface area (Å²) in [7, 11) is 0. The molecule has 0 bridgehead atoms. The van der Waals surface area contributed by atoms with Crippen LogP contribution in [0.15, 0.2) is 54.6 Å². The lowest BCUT2D eigenvalue weighted by Gasteiger charge is -2.16. The molecule has 0 N–H and O–H groups in total. The van der Waals surface area contributed by atoms with Gasteiger partial charge in [-0.3, -0.25) is 0 Å². The number of benzene rings is 3. The number of hydrogen-bond acceptors (Lipinski definition) is 2. The normalized spacial score (nSPS) is 11.5. The molecule has 0 fully saturated rings. The van der Waals surface area contributed by atoms with E-state index in [1.165, 1.54) is 11.1 Å². The van der Waals surface area contributed by atoms with E-state index in [9.17, 15) is 0 Å². The van der Waals surface area contributed by atoms with Gasteiger partial charge < -0.3 is 9.47 Å². The Balaban J connectivity index is 1.91. The molecule has 0 spiro atoms. The monoisotopic (exact) mass is 456 g/mol. The van der Waals surface area contributed by atoms with Gasteiger partial charge in [-0.1, -0.05) is 76.9 Å². The maximum Gasteiger partial charge on any atom is 0.146 e. The zero-order valence-corrected chi connectivity index (χ0v) is 20.5. The quantitative estimate of drug-likeness (QED) is 0.351. The van der Waals surface area contributed by atoms with E-state index in [0.717, 1.165) is 5.56 Å². The first-order valence-corrected chi connectivity index (χ1v) is 11.5. The Morgan fingerprint density at radius 3 is 1.23 bits per heavy atom. The minimum Gasteiger partial charge on any atom is -0.456 e. The summed E-state index contributed by atoms with van der Waals surface area (Å²) in [6.07, 6.45) is 0. The van der Waals surface area contributed by atoms with Crippen LogP contribution < -0.4 is 9.47 Å². The predicted molar refractivity (Wildman–Crippen MR) is 132 cm³/mol. The van der Waals surface area contributed by atoms with Crippen LogP contribution in [0.2, 0.25) is 10.0 Å². The molecule has 0 unspecified atom stereocenters. The third kappa shape index (κ3) is 5.96. The summed E-state index contributed by atoms with van der Waals surface area (Å²) in [5.74, 6) is 3.72. The number of hydrogen-bond donors (Lipinski definition) is 0. The summed E-state index contributed by atoms with van der Waals surface area (Å²) in [4.78, 5) is 0. The molecule has 31 heavy (non-hydrogen) atoms. The van der Waals surface area contributed by atoms with Gasteiger partial charge >= 0.3 is 0 Å². The van der Waals surface area contributed by atoms with Crippen LogP contribution in [0.5, 0.6) is 23.0 Å². The molecule has 0 heterocycles. The van der Waals surface area contributed by atoms with Crippen LogP contribution >= 0.6 is 23.2 Å². The minimum absolute atomic E-state index is 0.309. The second kappa shape index (κ2) is 9.97. The van der Waals surface area contributed by atoms with Gasteiger partial charge in [-0.05, 0) is 70.8 Å². The number of ether oxygens (including phenoxy) is 2. The van der Waals surface area contributed by atoms with Gasteiger partial charge in [-0.2, -0.15) is 0 Å². The van der Waals surface area contributed by atoms with Gasteiger partial charge in [0, 0.05) is 6.07 Å². The Labute approximate surface area is 196 Å². The molecule has 3 rings (SSSR count). The number of halogens is 2. The molecule has 4 heteroatoms. The molecule has 3 aromatic rings. The van der Waals surface area contributed by atoms with E-state index in [1.54, 1.807) is 0 Å². The molecule has 0 saturated heterocycles. The molecule has 0 atom stereocenters. The van der Waals surface area contributed by atoms with Gasteiger partial charge in [0.25, 0.3) is 0 Å². The number of rotatable bonds is 7. The third-order valence-corrected chi connectivity index (χ3v) is 5.86. The van der Waals surface area contributed by atoms with Crippen molar-refractivity contribution in [1.82, 2.24) is 0 Å². The maximum absolute atomic E-state index is 6.48. The fourth-order valence-electron chi connectivity index (χ4n) is 3.22. The van der Waals surface area contributed by atoms with Gasteiger partial charge in [0.1, 0.15) is 23.0 Å². The van der Waals surface area contributed by atoms with E-state index in [0.29, 0.717) is 50.8 Å². The maximum atomic E-state index is 6.48. The van der Waals surface area contributed by atoms with Gasteiger partial charge in [-0.25, -0.2) is 0 Å². The van der Waals surface area contributed by atoms with E-state index in [4.69, 9.17) is 32.7 Å². The second-order valence-corrected chi connectivity index (χ2v) is 9.60. The average molecular weight is 457 g/mol. The third-order valence-electron chi connectivity index (χ3n) is 5.27. The van der Waals surface area contributed by atoms with E-state index in [-0.39, 0.29) is 0 Å². The molecule has 0 aliphatic rings. The van der Waals surface area contributed by atoms with Crippen molar-refractivity contribution in [3.05, 3.63) is 81.3 Å². The van der Waals surface area contributed by atoms with Gasteiger partial charge in [0.2, 0.25) is 0 Å². The summed E-state index contributed by atoms with van der Waals surface area (Å²) in [5, 5.41) is 1.19. The molecule has 0 aromatic heterocycles. The van der Waals surface area contributed by atoms with Crippen molar-refractivity contribution < 1.29 is 9.47 Å². The van der Waals surface area contributed by atoms with Crippen molar-refractivity contribution in [3.8, 4) is 23.0 Å². The molecule has 164 valence electrons. The van der Waals surface area contributed by atoms with E-state index < -0.39 is 0 Å². The van der Waals surface area contributed by atoms with Crippen molar-refractivity contribution in [2.24, 2.45) is 0 Å². The van der Waals surface area contributed by atoms with Crippen LogP contribution in [0.3, 0.4) is 0 Å². The molecule has 0 amide bonds. The van der Waals surface area contributed by atoms with Crippen LogP contribution in [0.25, 0.3) is 0 Å². The molecule has 2 nitrogen and oxygen atoms in total. The molecule has 0 aliphatic carbocycles. The first kappa shape index (κ1) is 23.5. The first-order valence-electron chi connectivity index (χ1n) is 10.7. The van der Waals surface area contributed by atoms with Crippen LogP contribution in [-0.4, -0.2) is 0 Å². The Hall–Kier alpha value is -2.16. The van der Waals surface area contributed by atoms with Gasteiger partial charge in [0.15, 0.2) is 0 Å². The average Bonchev–Trinajstić information content (AvgIpc) is 2.70. The molecule has 0 saturated carbocycles. The lowest BCUT2D eigenvalue weighted by atomic mass is 10.0. The fourth-order valence-corrected chi connectivity index (χ4v) is 3.67. The summed E-state index contributed by atoms with van der Waals surface area (Å²) in [6.45, 7) is 12.8. The van der Waals surface area contributed by atoms with E-state index in [1.807, 2.05) is 54.6 Å². The summed E-state index contributed by atoms with van der Waals surface area (Å²) in [6, 6.07) is 17.8. The zero-order chi connectivity index (χ0) is 22.7. The SMILES string of the molecule is CC(C)c1cc(Oc2ccc(C(C)C)cc2Cl)cc(Oc2ccc(C(C)C)cc2Cl)c1. The topological polar surface area (TPSA) is 18.5 Å². The van der Waals surface area contributed by atoms with E-state index in [2.05, 4.69) is 41.5 Å². The highest BCUT2D eigenvalue weighted by Gasteiger charge is 2.13. The lowest BCUT2D eigenvalue weighted by Crippen LogP contribution is -1.95. The first-order chi connectivity index (χ1) is 14.6. The smallest absolute Gasteiger partial charge is 0.146 e. The molecule has 3 aromatic carbocycles. The Bertz CT molecular complexity index is 977. The van der Waals surface area contributed by atoms with Crippen LogP contribution in [0.4, 0.5) is 0 Å². The zero-order valence-electron chi connectivity index (χ0n) is 19.0. The van der Waals surface area contributed by atoms with Crippen molar-refractivity contribution in [3.63, 3.8) is 0 Å². The Kier molecular flexibility index (Phi) is 7.56. The summed E-state index contributed by atoms with van der Waals surface area (Å²) in [5.41, 5.74) is 3.46. The second-order valence-electron chi connectivity index (χ2n) is 8.79. The standard InChI is InChI=1S/C27H30Cl2O2/c1-16(2)19-7-9-26(24(28)13-19)30-22-11-21(18(5)6)12-23(15-22)31-27-10-8-20(17(3)4)14-25(27)29/h7-18H,1-6H3. The van der Waals surface area contributed by atoms with Crippen LogP contribution in [0, 0.1) is 0 Å². The largest absolute Gasteiger partial charge is 0.456 e.